The number of amides is 3. The molecule has 1 aromatic heterocycles. The minimum absolute atomic E-state index is 0.0203. The van der Waals surface area contributed by atoms with Gasteiger partial charge in [-0.15, -0.1) is 0 Å². The number of fused-ring (bicyclic) bond motifs is 1. The summed E-state index contributed by atoms with van der Waals surface area (Å²) in [6, 6.07) is 1.84. The SMILES string of the molecule is CC(C)C(=O)N1C[C@H]2CN(C(=O)CCn3cccn3)C[C@@]2(C(=O)N2CCCC2)C1. The molecule has 4 rings (SSSR count). The van der Waals surface area contributed by atoms with E-state index in [0.717, 1.165) is 25.9 Å². The molecule has 8 nitrogen and oxygen atoms in total. The van der Waals surface area contributed by atoms with Gasteiger partial charge in [0.05, 0.1) is 5.41 Å². The number of likely N-dealkylation sites (tertiary alicyclic amines) is 3. The lowest BCUT2D eigenvalue weighted by molar-refractivity contribution is -0.142. The maximum absolute atomic E-state index is 13.5. The Morgan fingerprint density at radius 2 is 1.76 bits per heavy atom. The zero-order chi connectivity index (χ0) is 20.6. The summed E-state index contributed by atoms with van der Waals surface area (Å²) in [5.41, 5.74) is -0.643. The van der Waals surface area contributed by atoms with Gasteiger partial charge in [0.15, 0.2) is 0 Å². The van der Waals surface area contributed by atoms with E-state index < -0.39 is 5.41 Å². The summed E-state index contributed by atoms with van der Waals surface area (Å²) in [5.74, 6) is 0.239. The number of nitrogens with zero attached hydrogens (tertiary/aromatic N) is 5. The zero-order valence-corrected chi connectivity index (χ0v) is 17.4. The van der Waals surface area contributed by atoms with Crippen molar-refractivity contribution in [1.82, 2.24) is 24.5 Å². The van der Waals surface area contributed by atoms with E-state index in [9.17, 15) is 14.4 Å². The number of carbonyl (C=O) groups excluding carboxylic acids is 3. The van der Waals surface area contributed by atoms with Crippen LogP contribution in [0.4, 0.5) is 0 Å². The van der Waals surface area contributed by atoms with Crippen molar-refractivity contribution < 1.29 is 14.4 Å². The molecule has 3 fully saturated rings. The largest absolute Gasteiger partial charge is 0.342 e. The van der Waals surface area contributed by atoms with E-state index in [2.05, 4.69) is 5.10 Å². The molecule has 0 bridgehead atoms. The predicted octanol–water partition coefficient (Wildman–Crippen LogP) is 0.839. The van der Waals surface area contributed by atoms with Crippen molar-refractivity contribution in [3.8, 4) is 0 Å². The molecular formula is C21H31N5O3. The van der Waals surface area contributed by atoms with Crippen LogP contribution in [0.1, 0.15) is 33.1 Å². The molecule has 1 aromatic rings. The minimum Gasteiger partial charge on any atom is -0.342 e. The van der Waals surface area contributed by atoms with E-state index >= 15 is 0 Å². The molecule has 3 aliphatic rings. The van der Waals surface area contributed by atoms with Gasteiger partial charge in [0, 0.05) is 76.5 Å². The summed E-state index contributed by atoms with van der Waals surface area (Å²) in [4.78, 5) is 44.7. The first-order valence-electron chi connectivity index (χ1n) is 10.7. The molecule has 2 atom stereocenters. The average molecular weight is 402 g/mol. The van der Waals surface area contributed by atoms with Gasteiger partial charge in [-0.05, 0) is 18.9 Å². The van der Waals surface area contributed by atoms with Crippen LogP contribution in [0.5, 0.6) is 0 Å². The van der Waals surface area contributed by atoms with E-state index in [0.29, 0.717) is 39.1 Å². The van der Waals surface area contributed by atoms with Crippen molar-refractivity contribution in [3.63, 3.8) is 0 Å². The molecule has 0 saturated carbocycles. The molecular weight excluding hydrogens is 370 g/mol. The van der Waals surface area contributed by atoms with Gasteiger partial charge in [0.2, 0.25) is 17.7 Å². The van der Waals surface area contributed by atoms with Crippen molar-refractivity contribution in [2.24, 2.45) is 17.3 Å². The van der Waals surface area contributed by atoms with Gasteiger partial charge in [-0.1, -0.05) is 13.8 Å². The van der Waals surface area contributed by atoms with E-state index in [-0.39, 0.29) is 29.6 Å². The Hall–Kier alpha value is -2.38. The van der Waals surface area contributed by atoms with Gasteiger partial charge < -0.3 is 14.7 Å². The van der Waals surface area contributed by atoms with Gasteiger partial charge in [-0.3, -0.25) is 19.1 Å². The van der Waals surface area contributed by atoms with Crippen molar-refractivity contribution in [2.45, 2.75) is 39.7 Å². The van der Waals surface area contributed by atoms with Crippen molar-refractivity contribution >= 4 is 17.7 Å². The van der Waals surface area contributed by atoms with E-state index in [4.69, 9.17) is 0 Å². The van der Waals surface area contributed by atoms with Crippen LogP contribution in [0.15, 0.2) is 18.5 Å². The number of hydrogen-bond acceptors (Lipinski definition) is 4. The van der Waals surface area contributed by atoms with Crippen molar-refractivity contribution in [2.75, 3.05) is 39.3 Å². The number of aryl methyl sites for hydroxylation is 1. The van der Waals surface area contributed by atoms with Crippen LogP contribution < -0.4 is 0 Å². The van der Waals surface area contributed by atoms with Crippen LogP contribution in [0.25, 0.3) is 0 Å². The highest BCUT2D eigenvalue weighted by Gasteiger charge is 2.60. The maximum Gasteiger partial charge on any atom is 0.232 e. The van der Waals surface area contributed by atoms with Crippen LogP contribution in [0.2, 0.25) is 0 Å². The third kappa shape index (κ3) is 3.65. The van der Waals surface area contributed by atoms with E-state index in [1.807, 2.05) is 40.8 Å². The van der Waals surface area contributed by atoms with Crippen LogP contribution >= 0.6 is 0 Å². The third-order valence-corrected chi connectivity index (χ3v) is 6.70. The Morgan fingerprint density at radius 1 is 1.07 bits per heavy atom. The van der Waals surface area contributed by atoms with Gasteiger partial charge in [-0.25, -0.2) is 0 Å². The minimum atomic E-state index is -0.643. The maximum atomic E-state index is 13.5. The molecule has 0 radical (unpaired) electrons. The Labute approximate surface area is 171 Å². The molecule has 0 unspecified atom stereocenters. The van der Waals surface area contributed by atoms with Crippen molar-refractivity contribution in [3.05, 3.63) is 18.5 Å². The average Bonchev–Trinajstić information content (AvgIpc) is 3.48. The highest BCUT2D eigenvalue weighted by molar-refractivity contribution is 5.88. The second kappa shape index (κ2) is 7.80. The number of aromatic nitrogens is 2. The van der Waals surface area contributed by atoms with Crippen LogP contribution in [-0.4, -0.2) is 81.5 Å². The lowest BCUT2D eigenvalue weighted by atomic mass is 9.79. The van der Waals surface area contributed by atoms with Crippen LogP contribution in [0, 0.1) is 17.3 Å². The zero-order valence-electron chi connectivity index (χ0n) is 17.4. The Balaban J connectivity index is 1.49. The fourth-order valence-corrected chi connectivity index (χ4v) is 5.13. The molecule has 3 saturated heterocycles. The first kappa shape index (κ1) is 19.9. The number of hydrogen-bond donors (Lipinski definition) is 0. The van der Waals surface area contributed by atoms with Gasteiger partial charge in [0.25, 0.3) is 0 Å². The first-order valence-corrected chi connectivity index (χ1v) is 10.7. The monoisotopic (exact) mass is 401 g/mol. The molecule has 3 amide bonds. The van der Waals surface area contributed by atoms with Gasteiger partial charge in [0.1, 0.15) is 0 Å². The molecule has 0 N–H and O–H groups in total. The second-order valence-corrected chi connectivity index (χ2v) is 9.02. The first-order chi connectivity index (χ1) is 13.9. The van der Waals surface area contributed by atoms with Gasteiger partial charge in [-0.2, -0.15) is 5.10 Å². The molecule has 4 heterocycles. The fourth-order valence-electron chi connectivity index (χ4n) is 5.13. The lowest BCUT2D eigenvalue weighted by Gasteiger charge is -2.32. The molecule has 29 heavy (non-hydrogen) atoms. The molecule has 0 spiro atoms. The Kier molecular flexibility index (Phi) is 5.36. The normalized spacial score (nSPS) is 26.4. The summed E-state index contributed by atoms with van der Waals surface area (Å²) in [6.45, 7) is 7.90. The number of carbonyl (C=O) groups is 3. The van der Waals surface area contributed by atoms with E-state index in [1.165, 1.54) is 0 Å². The van der Waals surface area contributed by atoms with E-state index in [1.54, 1.807) is 10.9 Å². The second-order valence-electron chi connectivity index (χ2n) is 9.02. The highest BCUT2D eigenvalue weighted by atomic mass is 16.2. The Morgan fingerprint density at radius 3 is 2.41 bits per heavy atom. The fraction of sp³-hybridized carbons (Fsp3) is 0.714. The summed E-state index contributed by atoms with van der Waals surface area (Å²) in [7, 11) is 0. The molecule has 158 valence electrons. The predicted molar refractivity (Wildman–Crippen MR) is 107 cm³/mol. The smallest absolute Gasteiger partial charge is 0.232 e. The summed E-state index contributed by atoms with van der Waals surface area (Å²) >= 11 is 0. The summed E-state index contributed by atoms with van der Waals surface area (Å²) in [5, 5.41) is 4.15. The summed E-state index contributed by atoms with van der Waals surface area (Å²) in [6.07, 6.45) is 5.99. The van der Waals surface area contributed by atoms with Crippen LogP contribution in [0.3, 0.4) is 0 Å². The topological polar surface area (TPSA) is 78.8 Å². The lowest BCUT2D eigenvalue weighted by Crippen LogP contribution is -2.49. The Bertz CT molecular complexity index is 771. The van der Waals surface area contributed by atoms with Gasteiger partial charge >= 0.3 is 0 Å². The molecule has 3 aliphatic heterocycles. The molecule has 8 heteroatoms. The quantitative estimate of drug-likeness (QED) is 0.732. The van der Waals surface area contributed by atoms with Crippen LogP contribution in [-0.2, 0) is 20.9 Å². The molecule has 0 aromatic carbocycles. The highest BCUT2D eigenvalue weighted by Crippen LogP contribution is 2.45. The number of rotatable bonds is 5. The summed E-state index contributed by atoms with van der Waals surface area (Å²) < 4.78 is 1.75. The van der Waals surface area contributed by atoms with Crippen molar-refractivity contribution in [1.29, 1.82) is 0 Å². The standard InChI is InChI=1S/C21H31N5O3/c1-16(2)19(28)25-13-17-12-24(18(27)6-11-26-10-5-7-22-26)14-21(17,15-25)20(29)23-8-3-4-9-23/h5,7,10,16-17H,3-4,6,8-9,11-15H2,1-2H3/t17-,21-/m1/s1. The third-order valence-electron chi connectivity index (χ3n) is 6.70. The molecule has 0 aliphatic carbocycles.